The van der Waals surface area contributed by atoms with Gasteiger partial charge in [-0.1, -0.05) is 35.4 Å². The van der Waals surface area contributed by atoms with E-state index in [2.05, 4.69) is 34.7 Å². The van der Waals surface area contributed by atoms with E-state index in [-0.39, 0.29) is 15.9 Å². The Labute approximate surface area is 213 Å². The molecule has 1 N–H and O–H groups in total. The van der Waals surface area contributed by atoms with Crippen molar-refractivity contribution in [3.05, 3.63) is 64.2 Å². The zero-order valence-corrected chi connectivity index (χ0v) is 21.8. The first-order valence-electron chi connectivity index (χ1n) is 13.0. The van der Waals surface area contributed by atoms with Crippen molar-refractivity contribution in [3.63, 3.8) is 0 Å². The Bertz CT molecular complexity index is 1280. The highest BCUT2D eigenvalue weighted by Gasteiger charge is 2.71. The van der Waals surface area contributed by atoms with Gasteiger partial charge in [0.25, 0.3) is 0 Å². The normalized spacial score (nSPS) is 36.0. The van der Waals surface area contributed by atoms with E-state index in [1.807, 2.05) is 0 Å². The van der Waals surface area contributed by atoms with Crippen molar-refractivity contribution in [2.45, 2.75) is 79.4 Å². The molecular weight excluding hydrogens is 480 g/mol. The first-order chi connectivity index (χ1) is 16.7. The van der Waals surface area contributed by atoms with Crippen molar-refractivity contribution in [2.24, 2.45) is 5.92 Å². The number of benzene rings is 2. The lowest BCUT2D eigenvalue weighted by molar-refractivity contribution is -0.260. The van der Waals surface area contributed by atoms with E-state index in [9.17, 15) is 8.42 Å². The number of ether oxygens (including phenoxy) is 1. The number of hydrogen-bond acceptors (Lipinski definition) is 4. The van der Waals surface area contributed by atoms with Crippen LogP contribution < -0.4 is 4.72 Å². The number of sulfonamides is 1. The Balaban J connectivity index is 1.30. The third-order valence-corrected chi connectivity index (χ3v) is 11.5. The van der Waals surface area contributed by atoms with Crippen LogP contribution in [0.3, 0.4) is 0 Å². The minimum absolute atomic E-state index is 0.156. The molecule has 186 valence electrons. The number of hydrogen-bond donors (Lipinski definition) is 1. The number of rotatable bonds is 5. The lowest BCUT2D eigenvalue weighted by Gasteiger charge is -2.71. The molecule has 6 aliphatic rings. The maximum Gasteiger partial charge on any atom is 0.241 e. The van der Waals surface area contributed by atoms with Gasteiger partial charge in [-0.3, -0.25) is 4.90 Å². The van der Waals surface area contributed by atoms with Crippen LogP contribution in [-0.2, 0) is 26.6 Å². The van der Waals surface area contributed by atoms with E-state index < -0.39 is 15.6 Å². The highest BCUT2D eigenvalue weighted by Crippen LogP contribution is 2.65. The van der Waals surface area contributed by atoms with Gasteiger partial charge in [-0.15, -0.1) is 0 Å². The topological polar surface area (TPSA) is 58.6 Å². The molecule has 4 atom stereocenters. The average molecular weight is 513 g/mol. The van der Waals surface area contributed by atoms with E-state index in [0.717, 1.165) is 44.6 Å². The van der Waals surface area contributed by atoms with Crippen molar-refractivity contribution in [1.29, 1.82) is 0 Å². The molecule has 0 radical (unpaired) electrons. The molecule has 3 saturated heterocycles. The smallest absolute Gasteiger partial charge is 0.241 e. The molecule has 7 heteroatoms. The third kappa shape index (κ3) is 3.33. The summed E-state index contributed by atoms with van der Waals surface area (Å²) in [6.07, 6.45) is 7.29. The highest BCUT2D eigenvalue weighted by atomic mass is 35.5. The van der Waals surface area contributed by atoms with Gasteiger partial charge in [-0.25, -0.2) is 13.1 Å². The molecule has 3 aliphatic heterocycles. The van der Waals surface area contributed by atoms with Gasteiger partial charge in [0.2, 0.25) is 10.0 Å². The van der Waals surface area contributed by atoms with Gasteiger partial charge in [0.1, 0.15) is 0 Å². The summed E-state index contributed by atoms with van der Waals surface area (Å²) in [7, 11) is -3.70. The number of halogens is 1. The van der Waals surface area contributed by atoms with Crippen LogP contribution in [0.25, 0.3) is 0 Å². The second kappa shape index (κ2) is 7.55. The molecule has 8 rings (SSSR count). The Morgan fingerprint density at radius 2 is 1.91 bits per heavy atom. The monoisotopic (exact) mass is 512 g/mol. The van der Waals surface area contributed by atoms with Crippen molar-refractivity contribution < 1.29 is 13.2 Å². The van der Waals surface area contributed by atoms with Crippen LogP contribution in [0.4, 0.5) is 0 Å². The van der Waals surface area contributed by atoms with Gasteiger partial charge in [-0.05, 0) is 99.7 Å². The van der Waals surface area contributed by atoms with Crippen molar-refractivity contribution in [1.82, 2.24) is 9.62 Å². The van der Waals surface area contributed by atoms with Crippen LogP contribution in [0.5, 0.6) is 0 Å². The third-order valence-electron chi connectivity index (χ3n) is 9.69. The Hall–Kier alpha value is -1.44. The number of nitrogens with one attached hydrogen (secondary N) is 1. The molecule has 1 unspecified atom stereocenters. The van der Waals surface area contributed by atoms with E-state index in [4.69, 9.17) is 16.3 Å². The molecule has 0 amide bonds. The van der Waals surface area contributed by atoms with Gasteiger partial charge in [0, 0.05) is 23.0 Å². The fourth-order valence-electron chi connectivity index (χ4n) is 7.95. The summed E-state index contributed by atoms with van der Waals surface area (Å²) < 4.78 is 37.1. The summed E-state index contributed by atoms with van der Waals surface area (Å²) in [5.41, 5.74) is 3.13. The second-order valence-electron chi connectivity index (χ2n) is 11.8. The van der Waals surface area contributed by atoms with Gasteiger partial charge in [0.15, 0.2) is 0 Å². The summed E-state index contributed by atoms with van der Waals surface area (Å²) in [4.78, 5) is 2.99. The lowest BCUT2D eigenvalue weighted by atomic mass is 9.45. The maximum atomic E-state index is 13.5. The molecule has 0 aromatic heterocycles. The van der Waals surface area contributed by atoms with Gasteiger partial charge in [0.05, 0.1) is 22.6 Å². The zero-order chi connectivity index (χ0) is 24.1. The van der Waals surface area contributed by atoms with Gasteiger partial charge >= 0.3 is 0 Å². The summed E-state index contributed by atoms with van der Waals surface area (Å²) in [5, 5.41) is 0.530. The first kappa shape index (κ1) is 22.7. The van der Waals surface area contributed by atoms with Crippen LogP contribution in [-0.4, -0.2) is 50.2 Å². The molecule has 2 aromatic rings. The fraction of sp³-hybridized carbons (Fsp3) is 0.571. The largest absolute Gasteiger partial charge is 0.370 e. The zero-order valence-electron chi connectivity index (χ0n) is 20.2. The number of fused-ring (bicyclic) bond motifs is 3. The maximum absolute atomic E-state index is 13.5. The second-order valence-corrected chi connectivity index (χ2v) is 14.0. The lowest BCUT2D eigenvalue weighted by Crippen LogP contribution is -2.81. The van der Waals surface area contributed by atoms with E-state index in [1.54, 1.807) is 24.3 Å². The molecular formula is C28H33ClN2O3S. The predicted molar refractivity (Wildman–Crippen MR) is 136 cm³/mol. The molecule has 2 aromatic carbocycles. The minimum Gasteiger partial charge on any atom is -0.370 e. The van der Waals surface area contributed by atoms with Crippen LogP contribution in [0.1, 0.15) is 55.2 Å². The summed E-state index contributed by atoms with van der Waals surface area (Å²) in [6, 6.07) is 13.7. The molecule has 3 aliphatic carbocycles. The number of likely N-dealkylation sites (tertiary alicyclic amines) is 1. The number of nitrogens with zero attached hydrogens (tertiary/aromatic N) is 1. The summed E-state index contributed by atoms with van der Waals surface area (Å²) >= 11 is 6.02. The molecule has 2 saturated carbocycles. The Morgan fingerprint density at radius 1 is 1.11 bits per heavy atom. The molecule has 3 heterocycles. The van der Waals surface area contributed by atoms with E-state index in [0.29, 0.717) is 17.7 Å². The average Bonchev–Trinajstić information content (AvgIpc) is 3.65. The summed E-state index contributed by atoms with van der Waals surface area (Å²) in [6.45, 7) is 4.86. The molecule has 5 fully saturated rings. The van der Waals surface area contributed by atoms with Gasteiger partial charge < -0.3 is 4.74 Å². The minimum atomic E-state index is -3.70. The molecule has 5 nitrogen and oxygen atoms in total. The number of piperidine rings is 1. The fourth-order valence-corrected chi connectivity index (χ4v) is 9.49. The van der Waals surface area contributed by atoms with Crippen molar-refractivity contribution >= 4 is 21.6 Å². The van der Waals surface area contributed by atoms with Crippen LogP contribution in [0.2, 0.25) is 5.02 Å². The van der Waals surface area contributed by atoms with Crippen molar-refractivity contribution in [2.75, 3.05) is 19.7 Å². The van der Waals surface area contributed by atoms with Crippen molar-refractivity contribution in [3.8, 4) is 0 Å². The first-order valence-corrected chi connectivity index (χ1v) is 14.9. The van der Waals surface area contributed by atoms with Gasteiger partial charge in [-0.2, -0.15) is 0 Å². The van der Waals surface area contributed by atoms with Crippen LogP contribution in [0, 0.1) is 12.8 Å². The molecule has 1 spiro atoms. The SMILES string of the molecule is Cc1ccc2c(c1)[C@]13CCN(CC4CC4)[C@H](C2)[C@]12CCC(NS(=O)(=O)c1ccc(Cl)cc1)(CO2)C3. The van der Waals surface area contributed by atoms with Crippen LogP contribution >= 0.6 is 11.6 Å². The Kier molecular flexibility index (Phi) is 4.90. The quantitative estimate of drug-likeness (QED) is 0.636. The molecule has 4 bridgehead atoms. The Morgan fingerprint density at radius 3 is 2.63 bits per heavy atom. The van der Waals surface area contributed by atoms with Crippen LogP contribution in [0.15, 0.2) is 47.4 Å². The summed E-state index contributed by atoms with van der Waals surface area (Å²) in [5.74, 6) is 0.843. The highest BCUT2D eigenvalue weighted by molar-refractivity contribution is 7.89. The predicted octanol–water partition coefficient (Wildman–Crippen LogP) is 4.60. The van der Waals surface area contributed by atoms with E-state index >= 15 is 0 Å². The standard InChI is InChI=1S/C28H33ClN2O3S/c1-19-2-5-21-15-25-28-11-10-26(18-34-28,30-35(32,33)23-8-6-22(29)7-9-23)17-27(28,24(21)14-19)12-13-31(25)16-20-3-4-20/h2,5-9,14,20,25,30H,3-4,10-13,15-18H2,1H3/t25-,26?,27-,28-/m1/s1. The molecule has 35 heavy (non-hydrogen) atoms. The number of aryl methyl sites for hydroxylation is 1. The van der Waals surface area contributed by atoms with E-state index in [1.165, 1.54) is 36.1 Å².